The molecule has 5 N–H and O–H groups in total. The normalized spacial score (nSPS) is 23.6. The first-order valence-electron chi connectivity index (χ1n) is 17.5. The van der Waals surface area contributed by atoms with Crippen LogP contribution in [0, 0.1) is 34.0 Å². The zero-order valence-corrected chi connectivity index (χ0v) is 31.7. The fourth-order valence-corrected chi connectivity index (χ4v) is 8.55. The van der Waals surface area contributed by atoms with Crippen LogP contribution in [0.5, 0.6) is 0 Å². The molecule has 5 amide bonds. The number of Topliss-reactive ketones (excluding diaryl/α,β-unsaturated/α-hetero) is 1. The van der Waals surface area contributed by atoms with Crippen molar-refractivity contribution in [2.45, 2.75) is 110 Å². The van der Waals surface area contributed by atoms with E-state index in [4.69, 9.17) is 5.73 Å². The van der Waals surface area contributed by atoms with Gasteiger partial charge in [-0.15, -0.1) is 0 Å². The van der Waals surface area contributed by atoms with Gasteiger partial charge in [0.05, 0.1) is 10.9 Å². The van der Waals surface area contributed by atoms with Crippen LogP contribution in [0.15, 0.2) is 35.2 Å². The molecule has 1 saturated heterocycles. The molecule has 0 radical (unpaired) electrons. The van der Waals surface area contributed by atoms with Crippen LogP contribution >= 0.6 is 0 Å². The van der Waals surface area contributed by atoms with Gasteiger partial charge in [0, 0.05) is 26.2 Å². The summed E-state index contributed by atoms with van der Waals surface area (Å²) in [5.41, 5.74) is 3.78. The third-order valence-electron chi connectivity index (χ3n) is 11.1. The fraction of sp³-hybridized carbons (Fsp3) is 0.694. The summed E-state index contributed by atoms with van der Waals surface area (Å²) >= 11 is 0. The van der Waals surface area contributed by atoms with Crippen LogP contribution in [0.25, 0.3) is 0 Å². The van der Waals surface area contributed by atoms with Crippen molar-refractivity contribution in [1.82, 2.24) is 25.2 Å². The van der Waals surface area contributed by atoms with Gasteiger partial charge < -0.3 is 26.6 Å². The Kier molecular flexibility index (Phi) is 11.2. The minimum atomic E-state index is -3.83. The molecular weight excluding hydrogens is 660 g/mol. The van der Waals surface area contributed by atoms with E-state index >= 15 is 0 Å². The van der Waals surface area contributed by atoms with Gasteiger partial charge >= 0.3 is 6.03 Å². The number of piperidine rings is 1. The predicted molar refractivity (Wildman–Crippen MR) is 189 cm³/mol. The van der Waals surface area contributed by atoms with Gasteiger partial charge in [-0.2, -0.15) is 4.31 Å². The van der Waals surface area contributed by atoms with Crippen molar-refractivity contribution in [2.75, 3.05) is 20.1 Å². The Morgan fingerprint density at radius 3 is 2.06 bits per heavy atom. The monoisotopic (exact) mass is 716 g/mol. The summed E-state index contributed by atoms with van der Waals surface area (Å²) in [6.07, 6.45) is 3.14. The number of fused-ring (bicyclic) bond motifs is 1. The molecule has 13 nitrogen and oxygen atoms in total. The number of primary amides is 1. The standard InChI is InChI=1S/C36H56N6O7S/c1-34(2,3)25(20-41(9)50(48,49)22-16-11-10-12-17-22)39-33(47)40-29(35(4,5)6)32(46)42-19-23-26(36(23,7)8)27(42)31(45)38-24(28(43)30(37)44)18-21-14-13-15-21/h10-12,16-17,21,23-27,29H,13-15,18-20H2,1-9H3,(H2,37,44)(H,38,45)(H2,39,40,47)/t23-,24+,25+,26-,27-,29+/m0/s1. The average Bonchev–Trinajstić information content (AvgIpc) is 3.30. The highest BCUT2D eigenvalue weighted by Crippen LogP contribution is 2.65. The highest BCUT2D eigenvalue weighted by molar-refractivity contribution is 7.89. The number of hydrogen-bond donors (Lipinski definition) is 4. The minimum Gasteiger partial charge on any atom is -0.363 e. The van der Waals surface area contributed by atoms with Gasteiger partial charge in [0.1, 0.15) is 12.1 Å². The lowest BCUT2D eigenvalue weighted by Gasteiger charge is -2.39. The van der Waals surface area contributed by atoms with E-state index in [1.807, 2.05) is 55.4 Å². The van der Waals surface area contributed by atoms with E-state index in [2.05, 4.69) is 16.0 Å². The van der Waals surface area contributed by atoms with Gasteiger partial charge in [0.15, 0.2) is 0 Å². The number of nitrogens with one attached hydrogen (secondary N) is 3. The van der Waals surface area contributed by atoms with Crippen LogP contribution < -0.4 is 21.7 Å². The second-order valence-electron chi connectivity index (χ2n) is 17.1. The molecule has 3 aliphatic rings. The second kappa shape index (κ2) is 14.2. The van der Waals surface area contributed by atoms with E-state index in [0.717, 1.165) is 19.3 Å². The Morgan fingerprint density at radius 2 is 1.56 bits per heavy atom. The molecule has 1 aromatic rings. The van der Waals surface area contributed by atoms with Crippen molar-refractivity contribution >= 4 is 39.6 Å². The van der Waals surface area contributed by atoms with Crippen LogP contribution in [0.4, 0.5) is 4.79 Å². The maximum atomic E-state index is 14.4. The lowest BCUT2D eigenvalue weighted by molar-refractivity contribution is -0.145. The first-order valence-corrected chi connectivity index (χ1v) is 18.9. The van der Waals surface area contributed by atoms with Crippen molar-refractivity contribution in [3.63, 3.8) is 0 Å². The SMILES string of the molecule is CN(C[C@@H](NC(=O)N[C@H](C(=O)N1C[C@H]2[C@@H]([C@H]1C(=O)N[C@H](CC1CCC1)C(=O)C(N)=O)C2(C)C)C(C)(C)C)C(C)(C)C)S(=O)(=O)c1ccccc1. The highest BCUT2D eigenvalue weighted by atomic mass is 32.2. The molecule has 6 atom stereocenters. The Bertz CT molecular complexity index is 1580. The molecule has 2 aliphatic carbocycles. The topological polar surface area (TPSA) is 188 Å². The number of urea groups is 1. The zero-order chi connectivity index (χ0) is 37.6. The number of carbonyl (C=O) groups excluding carboxylic acids is 5. The maximum absolute atomic E-state index is 14.4. The van der Waals surface area contributed by atoms with Gasteiger partial charge in [-0.25, -0.2) is 13.2 Å². The largest absolute Gasteiger partial charge is 0.363 e. The number of rotatable bonds is 13. The molecule has 1 aromatic carbocycles. The van der Waals surface area contributed by atoms with E-state index < -0.39 is 74.6 Å². The number of hydrogen-bond acceptors (Lipinski definition) is 7. The molecule has 1 heterocycles. The lowest BCUT2D eigenvalue weighted by Crippen LogP contribution is -2.62. The minimum absolute atomic E-state index is 0.0266. The number of carbonyl (C=O) groups is 5. The van der Waals surface area contributed by atoms with Crippen LogP contribution in [-0.4, -0.2) is 91.5 Å². The summed E-state index contributed by atoms with van der Waals surface area (Å²) in [5.74, 6) is -2.83. The third-order valence-corrected chi connectivity index (χ3v) is 12.9. The zero-order valence-electron chi connectivity index (χ0n) is 30.9. The van der Waals surface area contributed by atoms with E-state index in [-0.39, 0.29) is 34.6 Å². The summed E-state index contributed by atoms with van der Waals surface area (Å²) < 4.78 is 27.7. The number of nitrogens with zero attached hydrogens (tertiary/aromatic N) is 2. The molecule has 0 spiro atoms. The van der Waals surface area contributed by atoms with Crippen molar-refractivity contribution < 1.29 is 32.4 Å². The number of nitrogens with two attached hydrogens (primary N) is 1. The quantitative estimate of drug-likeness (QED) is 0.226. The van der Waals surface area contributed by atoms with Crippen molar-refractivity contribution in [1.29, 1.82) is 0 Å². The van der Waals surface area contributed by atoms with Crippen molar-refractivity contribution in [2.24, 2.45) is 39.7 Å². The fourth-order valence-electron chi connectivity index (χ4n) is 7.34. The third kappa shape index (κ3) is 8.33. The maximum Gasteiger partial charge on any atom is 0.315 e. The summed E-state index contributed by atoms with van der Waals surface area (Å²) in [4.78, 5) is 68.3. The summed E-state index contributed by atoms with van der Waals surface area (Å²) in [6.45, 7) is 15.4. The van der Waals surface area contributed by atoms with Crippen molar-refractivity contribution in [3.05, 3.63) is 30.3 Å². The van der Waals surface area contributed by atoms with E-state index in [9.17, 15) is 32.4 Å². The number of likely N-dealkylation sites (tertiary alicyclic amines) is 1. The molecule has 3 fully saturated rings. The van der Waals surface area contributed by atoms with Crippen LogP contribution in [0.1, 0.15) is 81.1 Å². The number of likely N-dealkylation sites (N-methyl/N-ethyl adjacent to an activating group) is 1. The molecule has 2 saturated carbocycles. The lowest BCUT2D eigenvalue weighted by atomic mass is 9.80. The van der Waals surface area contributed by atoms with Crippen molar-refractivity contribution in [3.8, 4) is 0 Å². The first-order chi connectivity index (χ1) is 23.0. The van der Waals surface area contributed by atoms with Gasteiger partial charge in [0.25, 0.3) is 5.91 Å². The molecule has 0 aromatic heterocycles. The van der Waals surface area contributed by atoms with Crippen LogP contribution in [0.3, 0.4) is 0 Å². The van der Waals surface area contributed by atoms with E-state index in [0.29, 0.717) is 13.0 Å². The van der Waals surface area contributed by atoms with Crippen LogP contribution in [0.2, 0.25) is 0 Å². The highest BCUT2D eigenvalue weighted by Gasteiger charge is 2.70. The Labute approximate surface area is 296 Å². The second-order valence-corrected chi connectivity index (χ2v) is 19.2. The van der Waals surface area contributed by atoms with Gasteiger partial charge in [-0.3, -0.25) is 19.2 Å². The van der Waals surface area contributed by atoms with Gasteiger partial charge in [0.2, 0.25) is 27.6 Å². The van der Waals surface area contributed by atoms with Crippen LogP contribution in [-0.2, 0) is 29.2 Å². The van der Waals surface area contributed by atoms with E-state index in [1.54, 1.807) is 18.2 Å². The number of ketones is 1. The molecule has 14 heteroatoms. The number of amides is 5. The number of benzene rings is 1. The smallest absolute Gasteiger partial charge is 0.315 e. The molecule has 0 bridgehead atoms. The summed E-state index contributed by atoms with van der Waals surface area (Å²) in [7, 11) is -2.37. The molecule has 0 unspecified atom stereocenters. The Balaban J connectivity index is 1.52. The summed E-state index contributed by atoms with van der Waals surface area (Å²) in [5, 5.41) is 8.55. The molecular formula is C36H56N6O7S. The summed E-state index contributed by atoms with van der Waals surface area (Å²) in [6, 6.07) is 3.73. The molecule has 278 valence electrons. The first kappa shape index (κ1) is 39.3. The van der Waals surface area contributed by atoms with E-state index in [1.165, 1.54) is 28.4 Å². The van der Waals surface area contributed by atoms with Gasteiger partial charge in [-0.1, -0.05) is 92.9 Å². The predicted octanol–water partition coefficient (Wildman–Crippen LogP) is 2.65. The molecule has 4 rings (SSSR count). The number of sulfonamides is 1. The Hall–Kier alpha value is -3.52. The van der Waals surface area contributed by atoms with Gasteiger partial charge in [-0.05, 0) is 52.6 Å². The molecule has 1 aliphatic heterocycles. The average molecular weight is 717 g/mol. The molecule has 50 heavy (non-hydrogen) atoms. The Morgan fingerprint density at radius 1 is 0.960 bits per heavy atom.